The fourth-order valence-electron chi connectivity index (χ4n) is 2.70. The van der Waals surface area contributed by atoms with Crippen molar-refractivity contribution in [3.8, 4) is 0 Å². The molecule has 0 radical (unpaired) electrons. The molecule has 2 aromatic rings. The molecule has 116 valence electrons. The first-order chi connectivity index (χ1) is 10.3. The lowest BCUT2D eigenvalue weighted by Crippen LogP contribution is -2.14. The number of carboxylic acid groups (broad SMARTS) is 1. The predicted molar refractivity (Wildman–Crippen MR) is 85.6 cm³/mol. The van der Waals surface area contributed by atoms with Gasteiger partial charge in [0.05, 0.1) is 11.1 Å². The Morgan fingerprint density at radius 3 is 2.18 bits per heavy atom. The number of aromatic nitrogens is 1. The van der Waals surface area contributed by atoms with Gasteiger partial charge in [-0.15, -0.1) is 0 Å². The fraction of sp³-hybridized carbons (Fsp3) is 0.294. The zero-order chi connectivity index (χ0) is 16.4. The molecule has 0 spiro atoms. The number of rotatable bonds is 4. The third-order valence-corrected chi connectivity index (χ3v) is 3.64. The SMILES string of the molecule is Cc1cc(C(=O)Nc2ccc(C(=O)O)cc2)c(C)n1C(C)C. The lowest BCUT2D eigenvalue weighted by atomic mass is 10.2. The van der Waals surface area contributed by atoms with Gasteiger partial charge in [0, 0.05) is 23.1 Å². The van der Waals surface area contributed by atoms with Gasteiger partial charge in [-0.1, -0.05) is 0 Å². The lowest BCUT2D eigenvalue weighted by Gasteiger charge is -2.13. The Morgan fingerprint density at radius 2 is 1.73 bits per heavy atom. The first-order valence-electron chi connectivity index (χ1n) is 7.14. The van der Waals surface area contributed by atoms with Gasteiger partial charge in [-0.05, 0) is 58.0 Å². The van der Waals surface area contributed by atoms with Crippen LogP contribution >= 0.6 is 0 Å². The van der Waals surface area contributed by atoms with Gasteiger partial charge in [0.25, 0.3) is 5.91 Å². The Bertz CT molecular complexity index is 712. The summed E-state index contributed by atoms with van der Waals surface area (Å²) in [5.74, 6) is -1.18. The van der Waals surface area contributed by atoms with Gasteiger partial charge >= 0.3 is 5.97 Å². The highest BCUT2D eigenvalue weighted by molar-refractivity contribution is 6.05. The van der Waals surface area contributed by atoms with Crippen molar-refractivity contribution in [2.75, 3.05) is 5.32 Å². The van der Waals surface area contributed by atoms with Crippen molar-refractivity contribution >= 4 is 17.6 Å². The Labute approximate surface area is 129 Å². The van der Waals surface area contributed by atoms with E-state index in [0.717, 1.165) is 11.4 Å². The second-order valence-corrected chi connectivity index (χ2v) is 5.59. The van der Waals surface area contributed by atoms with Gasteiger partial charge in [-0.2, -0.15) is 0 Å². The normalized spacial score (nSPS) is 10.8. The fourth-order valence-corrected chi connectivity index (χ4v) is 2.70. The standard InChI is InChI=1S/C17H20N2O3/c1-10(2)19-11(3)9-15(12(19)4)16(20)18-14-7-5-13(6-8-14)17(21)22/h5-10H,1-4H3,(H,18,20)(H,21,22). The van der Waals surface area contributed by atoms with E-state index in [-0.39, 0.29) is 17.5 Å². The van der Waals surface area contributed by atoms with Crippen molar-refractivity contribution < 1.29 is 14.7 Å². The number of benzene rings is 1. The molecule has 2 rings (SSSR count). The molecule has 0 saturated carbocycles. The van der Waals surface area contributed by atoms with Crippen molar-refractivity contribution in [2.24, 2.45) is 0 Å². The molecule has 1 heterocycles. The average Bonchev–Trinajstić information content (AvgIpc) is 2.74. The number of aromatic carboxylic acids is 1. The molecule has 0 aliphatic heterocycles. The van der Waals surface area contributed by atoms with E-state index in [4.69, 9.17) is 5.11 Å². The molecule has 0 atom stereocenters. The Morgan fingerprint density at radius 1 is 1.14 bits per heavy atom. The van der Waals surface area contributed by atoms with E-state index < -0.39 is 5.97 Å². The summed E-state index contributed by atoms with van der Waals surface area (Å²) < 4.78 is 2.11. The molecule has 0 fully saturated rings. The minimum atomic E-state index is -0.988. The summed E-state index contributed by atoms with van der Waals surface area (Å²) in [6, 6.07) is 8.27. The second-order valence-electron chi connectivity index (χ2n) is 5.59. The zero-order valence-corrected chi connectivity index (χ0v) is 13.2. The quantitative estimate of drug-likeness (QED) is 0.905. The first kappa shape index (κ1) is 15.8. The summed E-state index contributed by atoms with van der Waals surface area (Å²) in [5.41, 5.74) is 3.36. The number of anilines is 1. The maximum Gasteiger partial charge on any atom is 0.335 e. The summed E-state index contributed by atoms with van der Waals surface area (Å²) in [6.45, 7) is 8.06. The predicted octanol–water partition coefficient (Wildman–Crippen LogP) is 3.64. The summed E-state index contributed by atoms with van der Waals surface area (Å²) in [6.07, 6.45) is 0. The Kier molecular flexibility index (Phi) is 4.35. The summed E-state index contributed by atoms with van der Waals surface area (Å²) >= 11 is 0. The number of hydrogen-bond donors (Lipinski definition) is 2. The monoisotopic (exact) mass is 300 g/mol. The van der Waals surface area contributed by atoms with Crippen LogP contribution < -0.4 is 5.32 Å². The molecule has 1 amide bonds. The molecule has 0 unspecified atom stereocenters. The number of amides is 1. The second kappa shape index (κ2) is 6.05. The zero-order valence-electron chi connectivity index (χ0n) is 13.2. The molecule has 5 heteroatoms. The summed E-state index contributed by atoms with van der Waals surface area (Å²) in [4.78, 5) is 23.2. The highest BCUT2D eigenvalue weighted by Gasteiger charge is 2.17. The minimum Gasteiger partial charge on any atom is -0.478 e. The van der Waals surface area contributed by atoms with Crippen molar-refractivity contribution in [2.45, 2.75) is 33.7 Å². The average molecular weight is 300 g/mol. The van der Waals surface area contributed by atoms with Crippen LogP contribution in [-0.2, 0) is 0 Å². The maximum atomic E-state index is 12.4. The molecule has 22 heavy (non-hydrogen) atoms. The molecule has 2 N–H and O–H groups in total. The topological polar surface area (TPSA) is 71.3 Å². The number of aryl methyl sites for hydroxylation is 1. The number of carbonyl (C=O) groups excluding carboxylic acids is 1. The summed E-state index contributed by atoms with van der Waals surface area (Å²) in [5, 5.41) is 11.7. The largest absolute Gasteiger partial charge is 0.478 e. The highest BCUT2D eigenvalue weighted by Crippen LogP contribution is 2.21. The number of nitrogens with zero attached hydrogens (tertiary/aromatic N) is 1. The van der Waals surface area contributed by atoms with Crippen molar-refractivity contribution in [3.63, 3.8) is 0 Å². The van der Waals surface area contributed by atoms with E-state index in [0.29, 0.717) is 11.3 Å². The molecule has 1 aromatic heterocycles. The van der Waals surface area contributed by atoms with Gasteiger partial charge < -0.3 is 15.0 Å². The molecule has 1 aromatic carbocycles. The smallest absolute Gasteiger partial charge is 0.335 e. The molecule has 0 aliphatic carbocycles. The van der Waals surface area contributed by atoms with Gasteiger partial charge in [0.15, 0.2) is 0 Å². The molecule has 0 aliphatic rings. The van der Waals surface area contributed by atoms with E-state index in [1.165, 1.54) is 12.1 Å². The van der Waals surface area contributed by atoms with Crippen LogP contribution in [0.5, 0.6) is 0 Å². The van der Waals surface area contributed by atoms with E-state index in [2.05, 4.69) is 23.7 Å². The Balaban J connectivity index is 2.22. The van der Waals surface area contributed by atoms with Gasteiger partial charge in [-0.25, -0.2) is 4.79 Å². The lowest BCUT2D eigenvalue weighted by molar-refractivity contribution is 0.0696. The summed E-state index contributed by atoms with van der Waals surface area (Å²) in [7, 11) is 0. The van der Waals surface area contributed by atoms with Crippen molar-refractivity contribution in [3.05, 3.63) is 52.8 Å². The number of hydrogen-bond acceptors (Lipinski definition) is 2. The van der Waals surface area contributed by atoms with Crippen molar-refractivity contribution in [1.29, 1.82) is 0 Å². The first-order valence-corrected chi connectivity index (χ1v) is 7.14. The van der Waals surface area contributed by atoms with Crippen LogP contribution in [0.1, 0.15) is 52.0 Å². The minimum absolute atomic E-state index is 0.191. The third-order valence-electron chi connectivity index (χ3n) is 3.64. The molecular formula is C17H20N2O3. The number of carboxylic acids is 1. The molecular weight excluding hydrogens is 280 g/mol. The number of nitrogens with one attached hydrogen (secondary N) is 1. The van der Waals surface area contributed by atoms with Crippen LogP contribution in [0.4, 0.5) is 5.69 Å². The van der Waals surface area contributed by atoms with Crippen LogP contribution in [0, 0.1) is 13.8 Å². The highest BCUT2D eigenvalue weighted by atomic mass is 16.4. The van der Waals surface area contributed by atoms with E-state index in [1.807, 2.05) is 19.9 Å². The van der Waals surface area contributed by atoms with E-state index in [9.17, 15) is 9.59 Å². The van der Waals surface area contributed by atoms with Gasteiger partial charge in [0.1, 0.15) is 0 Å². The van der Waals surface area contributed by atoms with Crippen LogP contribution in [0.2, 0.25) is 0 Å². The van der Waals surface area contributed by atoms with Crippen LogP contribution in [0.3, 0.4) is 0 Å². The van der Waals surface area contributed by atoms with E-state index in [1.54, 1.807) is 12.1 Å². The molecule has 0 bridgehead atoms. The Hall–Kier alpha value is -2.56. The van der Waals surface area contributed by atoms with Gasteiger partial charge in [-0.3, -0.25) is 4.79 Å². The molecule has 5 nitrogen and oxygen atoms in total. The number of carbonyl (C=O) groups is 2. The van der Waals surface area contributed by atoms with Crippen LogP contribution in [0.15, 0.2) is 30.3 Å². The van der Waals surface area contributed by atoms with Crippen molar-refractivity contribution in [1.82, 2.24) is 4.57 Å². The van der Waals surface area contributed by atoms with E-state index >= 15 is 0 Å². The van der Waals surface area contributed by atoms with Crippen LogP contribution in [0.25, 0.3) is 0 Å². The maximum absolute atomic E-state index is 12.4. The molecule has 0 saturated heterocycles. The van der Waals surface area contributed by atoms with Crippen LogP contribution in [-0.4, -0.2) is 21.6 Å². The third kappa shape index (κ3) is 3.03. The van der Waals surface area contributed by atoms with Gasteiger partial charge in [0.2, 0.25) is 0 Å².